The maximum Gasteiger partial charge on any atom is 0.293 e. The van der Waals surface area contributed by atoms with E-state index in [0.717, 1.165) is 17.1 Å². The predicted octanol–water partition coefficient (Wildman–Crippen LogP) is -0.553. The van der Waals surface area contributed by atoms with E-state index in [0.29, 0.717) is 31.7 Å². The fourth-order valence-corrected chi connectivity index (χ4v) is 2.77. The second-order valence-electron chi connectivity index (χ2n) is 6.80. The van der Waals surface area contributed by atoms with Crippen LogP contribution in [0.5, 0.6) is 5.75 Å². The molecular weight excluding hydrogens is 412 g/mol. The molecule has 0 bridgehead atoms. The third kappa shape index (κ3) is 7.81. The minimum atomic E-state index is -0.471. The second kappa shape index (κ2) is 11.8. The van der Waals surface area contributed by atoms with Crippen LogP contribution in [0.3, 0.4) is 0 Å². The number of hydrogen-bond donors (Lipinski definition) is 4. The minimum absolute atomic E-state index is 0.00903. The van der Waals surface area contributed by atoms with Gasteiger partial charge in [0.25, 0.3) is 18.3 Å². The summed E-state index contributed by atoms with van der Waals surface area (Å²) in [6.45, 7) is 0.998. The molecule has 4 N–H and O–H groups in total. The van der Waals surface area contributed by atoms with Crippen LogP contribution in [0.1, 0.15) is 18.4 Å². The number of ether oxygens (including phenoxy) is 2. The van der Waals surface area contributed by atoms with Crippen LogP contribution in [-0.4, -0.2) is 76.4 Å². The summed E-state index contributed by atoms with van der Waals surface area (Å²) in [5.74, 6) is -1.54. The van der Waals surface area contributed by atoms with Gasteiger partial charge in [-0.3, -0.25) is 24.1 Å². The summed E-state index contributed by atoms with van der Waals surface area (Å²) in [5, 5.41) is 29.8. The van der Waals surface area contributed by atoms with Crippen molar-refractivity contribution in [1.82, 2.24) is 4.90 Å². The van der Waals surface area contributed by atoms with Crippen molar-refractivity contribution in [2.24, 2.45) is 0 Å². The molecule has 1 fully saturated rings. The summed E-state index contributed by atoms with van der Waals surface area (Å²) >= 11 is 0. The highest BCUT2D eigenvalue weighted by Crippen LogP contribution is 2.24. The molecule has 3 rings (SSSR count). The molecule has 1 aromatic rings. The fourth-order valence-electron chi connectivity index (χ4n) is 2.77. The molecule has 2 aliphatic rings. The lowest BCUT2D eigenvalue weighted by molar-refractivity contribution is -0.137. The van der Waals surface area contributed by atoms with Crippen molar-refractivity contribution in [1.29, 1.82) is 0 Å². The Morgan fingerprint density at radius 1 is 1.19 bits per heavy atom. The lowest BCUT2D eigenvalue weighted by Crippen LogP contribution is -2.33. The van der Waals surface area contributed by atoms with E-state index in [1.165, 1.54) is 12.1 Å². The standard InChI is InChI=1S/C15H14N2O6.C5H10O3/c18-9-23-8-10-1-2-12(19)11(7-10)16-13(20)5-6-17-14(21)3-4-15(17)22;6-4-1-5(7)3-8-2-4/h1-4,7,9,19H,5-6,8H2,(H,16,20);4-7H,1-3H2. The zero-order chi connectivity index (χ0) is 22.8. The summed E-state index contributed by atoms with van der Waals surface area (Å²) in [7, 11) is 0. The van der Waals surface area contributed by atoms with Gasteiger partial charge in [-0.15, -0.1) is 0 Å². The largest absolute Gasteiger partial charge is 0.506 e. The van der Waals surface area contributed by atoms with Crippen LogP contribution in [0.15, 0.2) is 30.4 Å². The van der Waals surface area contributed by atoms with E-state index in [1.54, 1.807) is 6.07 Å². The number of aromatic hydroxyl groups is 1. The van der Waals surface area contributed by atoms with Gasteiger partial charge in [-0.2, -0.15) is 0 Å². The van der Waals surface area contributed by atoms with Gasteiger partial charge in [-0.25, -0.2) is 0 Å². The number of imide groups is 1. The summed E-state index contributed by atoms with van der Waals surface area (Å²) in [4.78, 5) is 45.7. The molecule has 0 spiro atoms. The average Bonchev–Trinajstić information content (AvgIpc) is 3.05. The quantitative estimate of drug-likeness (QED) is 0.249. The maximum absolute atomic E-state index is 11.9. The molecule has 1 aromatic carbocycles. The smallest absolute Gasteiger partial charge is 0.293 e. The van der Waals surface area contributed by atoms with Crippen molar-refractivity contribution in [3.63, 3.8) is 0 Å². The van der Waals surface area contributed by atoms with E-state index in [1.807, 2.05) is 0 Å². The molecule has 0 aromatic heterocycles. The number of amides is 3. The predicted molar refractivity (Wildman–Crippen MR) is 106 cm³/mol. The van der Waals surface area contributed by atoms with E-state index >= 15 is 0 Å². The second-order valence-corrected chi connectivity index (χ2v) is 6.80. The first-order valence-electron chi connectivity index (χ1n) is 9.44. The number of hydrogen-bond acceptors (Lipinski definition) is 9. The highest BCUT2D eigenvalue weighted by Gasteiger charge is 2.23. The van der Waals surface area contributed by atoms with Crippen LogP contribution >= 0.6 is 0 Å². The first kappa shape index (κ1) is 24.0. The van der Waals surface area contributed by atoms with Crippen LogP contribution in [0.4, 0.5) is 5.69 Å². The highest BCUT2D eigenvalue weighted by atomic mass is 16.5. The average molecular weight is 436 g/mol. The number of anilines is 1. The van der Waals surface area contributed by atoms with Gasteiger partial charge in [0.15, 0.2) is 0 Å². The third-order valence-corrected chi connectivity index (χ3v) is 4.28. The van der Waals surface area contributed by atoms with Crippen molar-refractivity contribution < 1.29 is 44.0 Å². The Balaban J connectivity index is 0.000000357. The van der Waals surface area contributed by atoms with E-state index in [4.69, 9.17) is 14.9 Å². The summed E-state index contributed by atoms with van der Waals surface area (Å²) in [5.41, 5.74) is 0.735. The number of rotatable bonds is 7. The molecule has 3 amide bonds. The van der Waals surface area contributed by atoms with Gasteiger partial charge in [-0.1, -0.05) is 6.07 Å². The fraction of sp³-hybridized carbons (Fsp3) is 0.400. The number of benzene rings is 1. The summed E-state index contributed by atoms with van der Waals surface area (Å²) < 4.78 is 9.39. The summed E-state index contributed by atoms with van der Waals surface area (Å²) in [6.07, 6.45) is 1.72. The SMILES string of the molecule is O=COCc1ccc(O)c(NC(=O)CCN2C(=O)C=CC2=O)c1.OC1COCC(O)C1. The molecular formula is C20H24N2O9. The number of nitrogens with zero attached hydrogens (tertiary/aromatic N) is 1. The number of nitrogens with one attached hydrogen (secondary N) is 1. The topological polar surface area (TPSA) is 163 Å². The van der Waals surface area contributed by atoms with Gasteiger partial charge in [0.1, 0.15) is 12.4 Å². The van der Waals surface area contributed by atoms with E-state index in [9.17, 15) is 24.3 Å². The van der Waals surface area contributed by atoms with Gasteiger partial charge in [-0.05, 0) is 17.7 Å². The Morgan fingerprint density at radius 3 is 2.39 bits per heavy atom. The van der Waals surface area contributed by atoms with Gasteiger partial charge >= 0.3 is 0 Å². The van der Waals surface area contributed by atoms with Crippen LogP contribution in [0.2, 0.25) is 0 Å². The molecule has 0 radical (unpaired) electrons. The van der Waals surface area contributed by atoms with E-state index in [-0.39, 0.29) is 31.0 Å². The Hall–Kier alpha value is -3.28. The molecule has 0 aliphatic carbocycles. The molecule has 168 valence electrons. The first-order valence-corrected chi connectivity index (χ1v) is 9.44. The normalized spacial score (nSPS) is 20.1. The molecule has 1 saturated heterocycles. The van der Waals surface area contributed by atoms with Gasteiger partial charge in [0.05, 0.1) is 31.1 Å². The van der Waals surface area contributed by atoms with E-state index in [2.05, 4.69) is 10.1 Å². The van der Waals surface area contributed by atoms with Crippen molar-refractivity contribution in [2.45, 2.75) is 31.7 Å². The monoisotopic (exact) mass is 436 g/mol. The van der Waals surface area contributed by atoms with Gasteiger partial charge in [0.2, 0.25) is 5.91 Å². The molecule has 2 atom stereocenters. The number of carbonyl (C=O) groups is 4. The number of phenols is 1. The Kier molecular flexibility index (Phi) is 9.13. The molecule has 2 unspecified atom stereocenters. The number of carbonyl (C=O) groups excluding carboxylic acids is 4. The van der Waals surface area contributed by atoms with Crippen LogP contribution < -0.4 is 5.32 Å². The Labute approximate surface area is 177 Å². The molecule has 11 heteroatoms. The summed E-state index contributed by atoms with van der Waals surface area (Å²) in [6, 6.07) is 4.36. The molecule has 2 heterocycles. The third-order valence-electron chi connectivity index (χ3n) is 4.28. The first-order chi connectivity index (χ1) is 14.8. The molecule has 11 nitrogen and oxygen atoms in total. The van der Waals surface area contributed by atoms with Gasteiger partial charge in [0, 0.05) is 31.5 Å². The number of aliphatic hydroxyl groups is 2. The molecule has 0 saturated carbocycles. The van der Waals surface area contributed by atoms with Crippen LogP contribution in [0.25, 0.3) is 0 Å². The number of phenolic OH excluding ortho intramolecular Hbond substituents is 1. The zero-order valence-electron chi connectivity index (χ0n) is 16.6. The van der Waals surface area contributed by atoms with Crippen molar-refractivity contribution in [3.8, 4) is 5.75 Å². The Morgan fingerprint density at radius 2 is 1.84 bits per heavy atom. The minimum Gasteiger partial charge on any atom is -0.506 e. The van der Waals surface area contributed by atoms with E-state index < -0.39 is 29.9 Å². The zero-order valence-corrected chi connectivity index (χ0v) is 16.6. The Bertz CT molecular complexity index is 814. The van der Waals surface area contributed by atoms with Gasteiger partial charge < -0.3 is 30.1 Å². The van der Waals surface area contributed by atoms with Crippen molar-refractivity contribution in [2.75, 3.05) is 25.1 Å². The van der Waals surface area contributed by atoms with Crippen LogP contribution in [0, 0.1) is 0 Å². The molecule has 2 aliphatic heterocycles. The van der Waals surface area contributed by atoms with Crippen molar-refractivity contribution >= 4 is 29.9 Å². The number of aliphatic hydroxyl groups excluding tert-OH is 2. The molecule has 31 heavy (non-hydrogen) atoms. The van der Waals surface area contributed by atoms with Crippen LogP contribution in [-0.2, 0) is 35.3 Å². The maximum atomic E-state index is 11.9. The lowest BCUT2D eigenvalue weighted by Gasteiger charge is -2.21. The van der Waals surface area contributed by atoms with Crippen molar-refractivity contribution in [3.05, 3.63) is 35.9 Å². The lowest BCUT2D eigenvalue weighted by atomic mass is 10.1. The highest BCUT2D eigenvalue weighted by molar-refractivity contribution is 6.13.